The SMILES string of the molecule is C=C(CN1CCC2(CCC(CCCC(C)C)C2)CC1)NC(C)C. The van der Waals surface area contributed by atoms with Crippen molar-refractivity contribution in [3.63, 3.8) is 0 Å². The molecule has 0 aromatic rings. The Bertz CT molecular complexity index is 364. The van der Waals surface area contributed by atoms with Gasteiger partial charge in [-0.3, -0.25) is 4.90 Å². The van der Waals surface area contributed by atoms with Crippen LogP contribution in [0.5, 0.6) is 0 Å². The molecule has 1 heterocycles. The van der Waals surface area contributed by atoms with Gasteiger partial charge in [-0.25, -0.2) is 0 Å². The minimum absolute atomic E-state index is 0.500. The lowest BCUT2D eigenvalue weighted by molar-refractivity contribution is 0.110. The monoisotopic (exact) mass is 320 g/mol. The third kappa shape index (κ3) is 6.14. The molecule has 2 aliphatic rings. The standard InChI is InChI=1S/C21H40N2/c1-17(2)7-6-8-20-9-10-21(15-20)11-13-23(14-12-21)16-19(5)22-18(3)4/h17-18,20,22H,5-16H2,1-4H3. The minimum Gasteiger partial charge on any atom is -0.386 e. The number of likely N-dealkylation sites (tertiary alicyclic amines) is 1. The molecule has 1 unspecified atom stereocenters. The Morgan fingerprint density at radius 2 is 1.87 bits per heavy atom. The number of nitrogens with one attached hydrogen (secondary N) is 1. The molecule has 2 fully saturated rings. The summed E-state index contributed by atoms with van der Waals surface area (Å²) >= 11 is 0. The fourth-order valence-electron chi connectivity index (χ4n) is 4.75. The molecule has 0 bridgehead atoms. The summed E-state index contributed by atoms with van der Waals surface area (Å²) in [7, 11) is 0. The largest absolute Gasteiger partial charge is 0.386 e. The maximum absolute atomic E-state index is 4.19. The van der Waals surface area contributed by atoms with E-state index in [1.807, 2.05) is 0 Å². The molecule has 0 aromatic heterocycles. The summed E-state index contributed by atoms with van der Waals surface area (Å²) in [4.78, 5) is 2.61. The summed E-state index contributed by atoms with van der Waals surface area (Å²) in [6, 6.07) is 0.500. The van der Waals surface area contributed by atoms with Crippen LogP contribution in [0, 0.1) is 17.3 Å². The van der Waals surface area contributed by atoms with Crippen molar-refractivity contribution < 1.29 is 0 Å². The van der Waals surface area contributed by atoms with Crippen LogP contribution in [0.15, 0.2) is 12.3 Å². The minimum atomic E-state index is 0.500. The van der Waals surface area contributed by atoms with Gasteiger partial charge in [0.1, 0.15) is 0 Å². The molecule has 1 N–H and O–H groups in total. The first-order valence-corrected chi connectivity index (χ1v) is 10.1. The first-order valence-electron chi connectivity index (χ1n) is 10.1. The first-order chi connectivity index (χ1) is 10.9. The Kier molecular flexibility index (Phi) is 7.00. The number of nitrogens with zero attached hydrogens (tertiary/aromatic N) is 1. The maximum Gasteiger partial charge on any atom is 0.0375 e. The Labute approximate surface area is 145 Å². The van der Waals surface area contributed by atoms with Gasteiger partial charge in [-0.05, 0) is 76.3 Å². The summed E-state index contributed by atoms with van der Waals surface area (Å²) in [5, 5.41) is 3.45. The van der Waals surface area contributed by atoms with Gasteiger partial charge < -0.3 is 5.32 Å². The summed E-state index contributed by atoms with van der Waals surface area (Å²) in [5.74, 6) is 1.90. The van der Waals surface area contributed by atoms with E-state index in [0.717, 1.165) is 18.4 Å². The lowest BCUT2D eigenvalue weighted by atomic mass is 9.76. The molecule has 2 heteroatoms. The zero-order chi connectivity index (χ0) is 16.9. The predicted molar refractivity (Wildman–Crippen MR) is 102 cm³/mol. The van der Waals surface area contributed by atoms with E-state index in [0.29, 0.717) is 11.5 Å². The van der Waals surface area contributed by atoms with Crippen molar-refractivity contribution in [3.05, 3.63) is 12.3 Å². The van der Waals surface area contributed by atoms with E-state index < -0.39 is 0 Å². The average molecular weight is 321 g/mol. The zero-order valence-corrected chi connectivity index (χ0v) is 16.2. The maximum atomic E-state index is 4.19. The van der Waals surface area contributed by atoms with Crippen LogP contribution in [-0.4, -0.2) is 30.6 Å². The van der Waals surface area contributed by atoms with E-state index in [-0.39, 0.29) is 0 Å². The van der Waals surface area contributed by atoms with Gasteiger partial charge in [-0.2, -0.15) is 0 Å². The quantitative estimate of drug-likeness (QED) is 0.660. The molecule has 2 rings (SSSR count). The van der Waals surface area contributed by atoms with E-state index in [1.54, 1.807) is 0 Å². The van der Waals surface area contributed by atoms with Crippen LogP contribution in [0.4, 0.5) is 0 Å². The van der Waals surface area contributed by atoms with E-state index in [1.165, 1.54) is 70.2 Å². The molecule has 1 spiro atoms. The molecule has 1 aliphatic carbocycles. The second kappa shape index (κ2) is 8.55. The van der Waals surface area contributed by atoms with E-state index in [2.05, 4.69) is 44.5 Å². The van der Waals surface area contributed by atoms with Crippen LogP contribution in [-0.2, 0) is 0 Å². The lowest BCUT2D eigenvalue weighted by Gasteiger charge is -2.40. The van der Waals surface area contributed by atoms with E-state index >= 15 is 0 Å². The molecular weight excluding hydrogens is 280 g/mol. The van der Waals surface area contributed by atoms with Crippen molar-refractivity contribution in [2.75, 3.05) is 19.6 Å². The van der Waals surface area contributed by atoms with Crippen molar-refractivity contribution in [1.29, 1.82) is 0 Å². The smallest absolute Gasteiger partial charge is 0.0375 e. The van der Waals surface area contributed by atoms with Crippen molar-refractivity contribution in [2.45, 2.75) is 85.1 Å². The van der Waals surface area contributed by atoms with Gasteiger partial charge in [0.25, 0.3) is 0 Å². The number of rotatable bonds is 8. The van der Waals surface area contributed by atoms with Gasteiger partial charge in [0, 0.05) is 18.3 Å². The molecule has 0 radical (unpaired) electrons. The average Bonchev–Trinajstić information content (AvgIpc) is 2.84. The number of hydrogen-bond donors (Lipinski definition) is 1. The summed E-state index contributed by atoms with van der Waals surface area (Å²) in [5.41, 5.74) is 1.89. The van der Waals surface area contributed by atoms with Gasteiger partial charge in [0.05, 0.1) is 0 Å². The third-order valence-electron chi connectivity index (χ3n) is 6.02. The molecular formula is C21H40N2. The molecule has 2 nitrogen and oxygen atoms in total. The molecule has 0 amide bonds. The predicted octanol–water partition coefficient (Wildman–Crippen LogP) is 5.21. The zero-order valence-electron chi connectivity index (χ0n) is 16.2. The molecule has 1 aliphatic heterocycles. The Morgan fingerprint density at radius 1 is 1.17 bits per heavy atom. The summed E-state index contributed by atoms with van der Waals surface area (Å²) < 4.78 is 0. The van der Waals surface area contributed by atoms with Gasteiger partial charge in [0.15, 0.2) is 0 Å². The Hall–Kier alpha value is -0.500. The fourth-order valence-corrected chi connectivity index (χ4v) is 4.75. The molecule has 134 valence electrons. The highest BCUT2D eigenvalue weighted by Gasteiger charge is 2.40. The second-order valence-corrected chi connectivity index (χ2v) is 9.11. The van der Waals surface area contributed by atoms with E-state index in [9.17, 15) is 0 Å². The van der Waals surface area contributed by atoms with Crippen molar-refractivity contribution >= 4 is 0 Å². The Balaban J connectivity index is 1.69. The van der Waals surface area contributed by atoms with Crippen molar-refractivity contribution in [3.8, 4) is 0 Å². The normalized spacial score (nSPS) is 24.7. The molecule has 1 saturated carbocycles. The van der Waals surface area contributed by atoms with Gasteiger partial charge in [-0.15, -0.1) is 0 Å². The van der Waals surface area contributed by atoms with Crippen LogP contribution in [0.25, 0.3) is 0 Å². The highest BCUT2D eigenvalue weighted by molar-refractivity contribution is 4.99. The van der Waals surface area contributed by atoms with Crippen molar-refractivity contribution in [2.24, 2.45) is 17.3 Å². The van der Waals surface area contributed by atoms with Gasteiger partial charge in [0.2, 0.25) is 0 Å². The summed E-state index contributed by atoms with van der Waals surface area (Å²) in [6.07, 6.45) is 11.7. The molecule has 23 heavy (non-hydrogen) atoms. The van der Waals surface area contributed by atoms with Gasteiger partial charge in [-0.1, -0.05) is 39.7 Å². The topological polar surface area (TPSA) is 15.3 Å². The van der Waals surface area contributed by atoms with E-state index in [4.69, 9.17) is 0 Å². The van der Waals surface area contributed by atoms with Crippen LogP contribution in [0.3, 0.4) is 0 Å². The number of hydrogen-bond acceptors (Lipinski definition) is 2. The highest BCUT2D eigenvalue weighted by atomic mass is 15.2. The first kappa shape index (κ1) is 18.8. The Morgan fingerprint density at radius 3 is 2.48 bits per heavy atom. The highest BCUT2D eigenvalue weighted by Crippen LogP contribution is 2.50. The molecule has 1 atom stereocenters. The summed E-state index contributed by atoms with van der Waals surface area (Å²) in [6.45, 7) is 16.9. The molecule has 1 saturated heterocycles. The van der Waals surface area contributed by atoms with Crippen LogP contribution in [0.2, 0.25) is 0 Å². The fraction of sp³-hybridized carbons (Fsp3) is 0.905. The lowest BCUT2D eigenvalue weighted by Crippen LogP contribution is -2.41. The number of piperidine rings is 1. The molecule has 0 aromatic carbocycles. The van der Waals surface area contributed by atoms with Crippen molar-refractivity contribution in [1.82, 2.24) is 10.2 Å². The van der Waals surface area contributed by atoms with Crippen LogP contribution < -0.4 is 5.32 Å². The van der Waals surface area contributed by atoms with Gasteiger partial charge >= 0.3 is 0 Å². The van der Waals surface area contributed by atoms with Crippen LogP contribution in [0.1, 0.15) is 79.1 Å². The van der Waals surface area contributed by atoms with Crippen LogP contribution >= 0.6 is 0 Å². The third-order valence-corrected chi connectivity index (χ3v) is 6.02. The second-order valence-electron chi connectivity index (χ2n) is 9.11.